The zero-order valence-electron chi connectivity index (χ0n) is 12.1. The third kappa shape index (κ3) is 5.00. The molecule has 0 radical (unpaired) electrons. The van der Waals surface area contributed by atoms with E-state index < -0.39 is 0 Å². The summed E-state index contributed by atoms with van der Waals surface area (Å²) in [6, 6.07) is 9.16. The fraction of sp³-hybridized carbons (Fsp3) is 0.467. The normalized spacial score (nSPS) is 13.3. The lowest BCUT2D eigenvalue weighted by atomic mass is 10.0. The van der Waals surface area contributed by atoms with Gasteiger partial charge in [-0.2, -0.15) is 5.26 Å². The summed E-state index contributed by atoms with van der Waals surface area (Å²) >= 11 is 0. The number of nitrogens with one attached hydrogen (secondary N) is 2. The number of rotatable bonds is 7. The van der Waals surface area contributed by atoms with Gasteiger partial charge in [-0.15, -0.1) is 0 Å². The van der Waals surface area contributed by atoms with Crippen molar-refractivity contribution in [3.05, 3.63) is 35.4 Å². The van der Waals surface area contributed by atoms with Crippen LogP contribution >= 0.6 is 0 Å². The van der Waals surface area contributed by atoms with Crippen molar-refractivity contribution in [2.75, 3.05) is 20.3 Å². The topological polar surface area (TPSA) is 74.2 Å². The van der Waals surface area contributed by atoms with Crippen molar-refractivity contribution >= 4 is 5.91 Å². The van der Waals surface area contributed by atoms with Gasteiger partial charge in [-0.3, -0.25) is 10.1 Å². The molecule has 0 bridgehead atoms. The van der Waals surface area contributed by atoms with Crippen molar-refractivity contribution in [3.8, 4) is 6.07 Å². The van der Waals surface area contributed by atoms with E-state index in [9.17, 15) is 4.79 Å². The van der Waals surface area contributed by atoms with Crippen LogP contribution in [0.4, 0.5) is 0 Å². The van der Waals surface area contributed by atoms with E-state index in [1.165, 1.54) is 0 Å². The summed E-state index contributed by atoms with van der Waals surface area (Å²) in [4.78, 5) is 11.8. The Morgan fingerprint density at radius 1 is 1.45 bits per heavy atom. The molecule has 2 atom stereocenters. The number of carbonyl (C=O) groups is 1. The molecule has 0 spiro atoms. The number of methoxy groups -OCH3 is 1. The first kappa shape index (κ1) is 16.2. The quantitative estimate of drug-likeness (QED) is 0.737. The third-order valence-corrected chi connectivity index (χ3v) is 3.01. The average Bonchev–Trinajstić information content (AvgIpc) is 2.47. The van der Waals surface area contributed by atoms with Crippen molar-refractivity contribution in [3.63, 3.8) is 0 Å². The highest BCUT2D eigenvalue weighted by Crippen LogP contribution is 2.14. The lowest BCUT2D eigenvalue weighted by Gasteiger charge is -2.20. The van der Waals surface area contributed by atoms with Crippen LogP contribution in [0.15, 0.2) is 24.3 Å². The summed E-state index contributed by atoms with van der Waals surface area (Å²) in [5.41, 5.74) is 1.61. The molecule has 1 rings (SSSR count). The number of amides is 1. The fourth-order valence-corrected chi connectivity index (χ4v) is 1.85. The van der Waals surface area contributed by atoms with Crippen LogP contribution in [0, 0.1) is 11.3 Å². The van der Waals surface area contributed by atoms with Gasteiger partial charge in [-0.05, 0) is 31.5 Å². The third-order valence-electron chi connectivity index (χ3n) is 3.01. The Balaban J connectivity index is 2.54. The SMILES string of the molecule is COCCNC(=O)C(C)NC(C)c1cccc(C#N)c1. The first-order chi connectivity index (χ1) is 9.58. The van der Waals surface area contributed by atoms with Crippen LogP contribution in [0.3, 0.4) is 0 Å². The van der Waals surface area contributed by atoms with Crippen molar-refractivity contribution in [1.29, 1.82) is 5.26 Å². The second-order valence-corrected chi connectivity index (χ2v) is 4.63. The van der Waals surface area contributed by atoms with Crippen LogP contribution in [0.2, 0.25) is 0 Å². The Morgan fingerprint density at radius 3 is 2.85 bits per heavy atom. The highest BCUT2D eigenvalue weighted by atomic mass is 16.5. The molecule has 0 aliphatic carbocycles. The number of hydrogen-bond acceptors (Lipinski definition) is 4. The summed E-state index contributed by atoms with van der Waals surface area (Å²) in [5.74, 6) is -0.0645. The predicted octanol–water partition coefficient (Wildman–Crippen LogP) is 1.36. The fourth-order valence-electron chi connectivity index (χ4n) is 1.85. The molecule has 0 fully saturated rings. The smallest absolute Gasteiger partial charge is 0.236 e. The van der Waals surface area contributed by atoms with Crippen molar-refractivity contribution in [2.45, 2.75) is 25.9 Å². The molecule has 0 saturated heterocycles. The molecule has 0 saturated carbocycles. The van der Waals surface area contributed by atoms with Gasteiger partial charge in [0, 0.05) is 19.7 Å². The summed E-state index contributed by atoms with van der Waals surface area (Å²) in [5, 5.41) is 14.9. The Bertz CT molecular complexity index is 482. The molecule has 0 aromatic heterocycles. The Labute approximate surface area is 119 Å². The molecular weight excluding hydrogens is 254 g/mol. The number of benzene rings is 1. The molecular formula is C15H21N3O2. The Hall–Kier alpha value is -1.90. The summed E-state index contributed by atoms with van der Waals surface area (Å²) in [7, 11) is 1.60. The van der Waals surface area contributed by atoms with Crippen LogP contribution in [0.5, 0.6) is 0 Å². The largest absolute Gasteiger partial charge is 0.383 e. The van der Waals surface area contributed by atoms with E-state index >= 15 is 0 Å². The van der Waals surface area contributed by atoms with E-state index in [4.69, 9.17) is 10.00 Å². The molecule has 2 N–H and O–H groups in total. The van der Waals surface area contributed by atoms with E-state index in [-0.39, 0.29) is 18.0 Å². The number of hydrogen-bond donors (Lipinski definition) is 2. The van der Waals surface area contributed by atoms with Gasteiger partial charge in [0.1, 0.15) is 0 Å². The summed E-state index contributed by atoms with van der Waals surface area (Å²) < 4.78 is 4.88. The molecule has 20 heavy (non-hydrogen) atoms. The number of nitriles is 1. The summed E-state index contributed by atoms with van der Waals surface area (Å²) in [6.45, 7) is 4.78. The van der Waals surface area contributed by atoms with E-state index in [0.717, 1.165) is 5.56 Å². The van der Waals surface area contributed by atoms with E-state index in [2.05, 4.69) is 16.7 Å². The molecule has 5 heteroatoms. The maximum atomic E-state index is 11.8. The van der Waals surface area contributed by atoms with Gasteiger partial charge in [0.25, 0.3) is 0 Å². The maximum Gasteiger partial charge on any atom is 0.236 e. The van der Waals surface area contributed by atoms with E-state index in [0.29, 0.717) is 18.7 Å². The number of nitrogens with zero attached hydrogens (tertiary/aromatic N) is 1. The van der Waals surface area contributed by atoms with Crippen LogP contribution in [-0.2, 0) is 9.53 Å². The molecule has 1 amide bonds. The monoisotopic (exact) mass is 275 g/mol. The average molecular weight is 275 g/mol. The van der Waals surface area contributed by atoms with E-state index in [1.54, 1.807) is 13.2 Å². The molecule has 5 nitrogen and oxygen atoms in total. The lowest BCUT2D eigenvalue weighted by Crippen LogP contribution is -2.44. The Kier molecular flexibility index (Phi) is 6.71. The van der Waals surface area contributed by atoms with Gasteiger partial charge < -0.3 is 10.1 Å². The number of carbonyl (C=O) groups excluding carboxylic acids is 1. The minimum Gasteiger partial charge on any atom is -0.383 e. The van der Waals surface area contributed by atoms with Crippen LogP contribution in [-0.4, -0.2) is 32.2 Å². The molecule has 108 valence electrons. The standard InChI is InChI=1S/C15H21N3O2/c1-11(14-6-4-5-13(9-14)10-16)18-12(2)15(19)17-7-8-20-3/h4-6,9,11-12,18H,7-8H2,1-3H3,(H,17,19). The zero-order valence-corrected chi connectivity index (χ0v) is 12.1. The summed E-state index contributed by atoms with van der Waals surface area (Å²) in [6.07, 6.45) is 0. The first-order valence-electron chi connectivity index (χ1n) is 6.61. The molecule has 1 aromatic rings. The predicted molar refractivity (Wildman–Crippen MR) is 77.1 cm³/mol. The van der Waals surface area contributed by atoms with Gasteiger partial charge >= 0.3 is 0 Å². The zero-order chi connectivity index (χ0) is 15.0. The van der Waals surface area contributed by atoms with Gasteiger partial charge in [0.15, 0.2) is 0 Å². The van der Waals surface area contributed by atoms with Crippen LogP contribution in [0.25, 0.3) is 0 Å². The minimum absolute atomic E-state index is 0.00789. The van der Waals surface area contributed by atoms with Gasteiger partial charge in [-0.1, -0.05) is 12.1 Å². The second-order valence-electron chi connectivity index (χ2n) is 4.63. The highest BCUT2D eigenvalue weighted by molar-refractivity contribution is 5.81. The van der Waals surface area contributed by atoms with Crippen molar-refractivity contribution < 1.29 is 9.53 Å². The molecule has 0 heterocycles. The maximum absolute atomic E-state index is 11.8. The Morgan fingerprint density at radius 2 is 2.20 bits per heavy atom. The first-order valence-corrected chi connectivity index (χ1v) is 6.61. The molecule has 2 unspecified atom stereocenters. The highest BCUT2D eigenvalue weighted by Gasteiger charge is 2.15. The van der Waals surface area contributed by atoms with E-state index in [1.807, 2.05) is 32.0 Å². The van der Waals surface area contributed by atoms with Crippen LogP contribution < -0.4 is 10.6 Å². The van der Waals surface area contributed by atoms with Crippen LogP contribution in [0.1, 0.15) is 31.0 Å². The van der Waals surface area contributed by atoms with Gasteiger partial charge in [0.2, 0.25) is 5.91 Å². The van der Waals surface area contributed by atoms with Crippen molar-refractivity contribution in [2.24, 2.45) is 0 Å². The molecule has 0 aliphatic rings. The van der Waals surface area contributed by atoms with Crippen molar-refractivity contribution in [1.82, 2.24) is 10.6 Å². The molecule has 0 aliphatic heterocycles. The van der Waals surface area contributed by atoms with Gasteiger partial charge in [0.05, 0.1) is 24.3 Å². The second kappa shape index (κ2) is 8.31. The molecule has 1 aromatic carbocycles. The van der Waals surface area contributed by atoms with Gasteiger partial charge in [-0.25, -0.2) is 0 Å². The minimum atomic E-state index is -0.312. The lowest BCUT2D eigenvalue weighted by molar-refractivity contribution is -0.123. The number of ether oxygens (including phenoxy) is 1.